The Morgan fingerprint density at radius 1 is 0.722 bits per heavy atom. The Morgan fingerprint density at radius 3 is 2.28 bits per heavy atom. The smallest absolute Gasteiger partial charge is 0.0406 e. The first kappa shape index (κ1) is 11.6. The minimum absolute atomic E-state index is 0.775. The summed E-state index contributed by atoms with van der Waals surface area (Å²) in [5.41, 5.74) is 0. The molecule has 0 aromatic heterocycles. The SMILES string of the molecule is Clc1ccc(Sc2cccc3ccccc23)cc1. The molecular formula is C16H11ClS. The summed E-state index contributed by atoms with van der Waals surface area (Å²) in [5, 5.41) is 3.34. The van der Waals surface area contributed by atoms with Gasteiger partial charge in [-0.15, -0.1) is 0 Å². The zero-order valence-corrected chi connectivity index (χ0v) is 11.2. The standard InChI is InChI=1S/C16H11ClS/c17-13-8-10-14(11-9-13)18-16-7-3-5-12-4-1-2-6-15(12)16/h1-11H. The summed E-state index contributed by atoms with van der Waals surface area (Å²) in [6.07, 6.45) is 0. The minimum Gasteiger partial charge on any atom is -0.0894 e. The molecule has 0 saturated carbocycles. The van der Waals surface area contributed by atoms with Crippen LogP contribution >= 0.6 is 23.4 Å². The molecule has 3 aromatic carbocycles. The molecule has 0 radical (unpaired) electrons. The highest BCUT2D eigenvalue weighted by Gasteiger charge is 2.02. The van der Waals surface area contributed by atoms with Crippen LogP contribution in [0.3, 0.4) is 0 Å². The van der Waals surface area contributed by atoms with Gasteiger partial charge in [-0.05, 0) is 41.1 Å². The van der Waals surface area contributed by atoms with Crippen LogP contribution in [0.4, 0.5) is 0 Å². The molecule has 0 bridgehead atoms. The van der Waals surface area contributed by atoms with Crippen LogP contribution in [-0.2, 0) is 0 Å². The van der Waals surface area contributed by atoms with E-state index in [9.17, 15) is 0 Å². The van der Waals surface area contributed by atoms with Gasteiger partial charge in [0.1, 0.15) is 0 Å². The molecule has 0 aliphatic carbocycles. The second kappa shape index (κ2) is 5.05. The lowest BCUT2D eigenvalue weighted by atomic mass is 10.1. The first-order chi connectivity index (χ1) is 8.83. The zero-order valence-electron chi connectivity index (χ0n) is 9.64. The molecule has 0 unspecified atom stereocenters. The van der Waals surface area contributed by atoms with Crippen molar-refractivity contribution in [3.8, 4) is 0 Å². The molecule has 0 N–H and O–H groups in total. The summed E-state index contributed by atoms with van der Waals surface area (Å²) in [5.74, 6) is 0. The maximum Gasteiger partial charge on any atom is 0.0406 e. The first-order valence-electron chi connectivity index (χ1n) is 5.74. The number of halogens is 1. The van der Waals surface area contributed by atoms with Gasteiger partial charge in [-0.3, -0.25) is 0 Å². The second-order valence-electron chi connectivity index (χ2n) is 4.03. The fraction of sp³-hybridized carbons (Fsp3) is 0. The van der Waals surface area contributed by atoms with Gasteiger partial charge < -0.3 is 0 Å². The molecule has 0 aliphatic heterocycles. The Labute approximate surface area is 116 Å². The normalized spacial score (nSPS) is 10.7. The average Bonchev–Trinajstić information content (AvgIpc) is 2.42. The third-order valence-corrected chi connectivity index (χ3v) is 4.13. The van der Waals surface area contributed by atoms with Gasteiger partial charge in [-0.1, -0.05) is 59.8 Å². The monoisotopic (exact) mass is 270 g/mol. The highest BCUT2D eigenvalue weighted by Crippen LogP contribution is 2.33. The van der Waals surface area contributed by atoms with Crippen molar-refractivity contribution in [2.24, 2.45) is 0 Å². The van der Waals surface area contributed by atoms with Gasteiger partial charge in [0.05, 0.1) is 0 Å². The average molecular weight is 271 g/mol. The number of benzene rings is 3. The van der Waals surface area contributed by atoms with Gasteiger partial charge in [0.2, 0.25) is 0 Å². The lowest BCUT2D eigenvalue weighted by Gasteiger charge is -2.06. The van der Waals surface area contributed by atoms with Crippen molar-refractivity contribution < 1.29 is 0 Å². The van der Waals surface area contributed by atoms with Gasteiger partial charge in [0, 0.05) is 14.8 Å². The van der Waals surface area contributed by atoms with Crippen molar-refractivity contribution in [2.75, 3.05) is 0 Å². The molecule has 3 rings (SSSR count). The Bertz CT molecular complexity index is 669. The molecule has 0 heterocycles. The van der Waals surface area contributed by atoms with E-state index in [0.29, 0.717) is 0 Å². The van der Waals surface area contributed by atoms with Crippen LogP contribution in [0.5, 0.6) is 0 Å². The van der Waals surface area contributed by atoms with E-state index in [2.05, 4.69) is 54.6 Å². The van der Waals surface area contributed by atoms with Crippen LogP contribution in [0.1, 0.15) is 0 Å². The summed E-state index contributed by atoms with van der Waals surface area (Å²) in [4.78, 5) is 2.48. The highest BCUT2D eigenvalue weighted by molar-refractivity contribution is 7.99. The maximum absolute atomic E-state index is 5.90. The third-order valence-electron chi connectivity index (χ3n) is 2.79. The molecule has 2 heteroatoms. The quantitative estimate of drug-likeness (QED) is 0.580. The van der Waals surface area contributed by atoms with E-state index in [1.807, 2.05) is 12.1 Å². The first-order valence-corrected chi connectivity index (χ1v) is 6.93. The zero-order chi connectivity index (χ0) is 12.4. The summed E-state index contributed by atoms with van der Waals surface area (Å²) in [6.45, 7) is 0. The van der Waals surface area contributed by atoms with Crippen molar-refractivity contribution >= 4 is 34.1 Å². The van der Waals surface area contributed by atoms with Crippen LogP contribution in [0.25, 0.3) is 10.8 Å². The Kier molecular flexibility index (Phi) is 3.26. The molecule has 0 amide bonds. The Hall–Kier alpha value is -1.44. The minimum atomic E-state index is 0.775. The van der Waals surface area contributed by atoms with Crippen LogP contribution in [0.2, 0.25) is 5.02 Å². The number of hydrogen-bond acceptors (Lipinski definition) is 1. The number of fused-ring (bicyclic) bond motifs is 1. The molecule has 3 aromatic rings. The second-order valence-corrected chi connectivity index (χ2v) is 5.59. The molecule has 0 saturated heterocycles. The van der Waals surface area contributed by atoms with Gasteiger partial charge in [-0.25, -0.2) is 0 Å². The molecule has 0 spiro atoms. The molecule has 0 atom stereocenters. The molecule has 0 nitrogen and oxygen atoms in total. The van der Waals surface area contributed by atoms with Crippen LogP contribution < -0.4 is 0 Å². The van der Waals surface area contributed by atoms with Gasteiger partial charge in [0.25, 0.3) is 0 Å². The fourth-order valence-electron chi connectivity index (χ4n) is 1.91. The molecule has 88 valence electrons. The van der Waals surface area contributed by atoms with Crippen LogP contribution in [0.15, 0.2) is 76.5 Å². The van der Waals surface area contributed by atoms with E-state index in [4.69, 9.17) is 11.6 Å². The number of hydrogen-bond donors (Lipinski definition) is 0. The van der Waals surface area contributed by atoms with Gasteiger partial charge in [-0.2, -0.15) is 0 Å². The lowest BCUT2D eigenvalue weighted by molar-refractivity contribution is 1.44. The van der Waals surface area contributed by atoms with Crippen molar-refractivity contribution in [2.45, 2.75) is 9.79 Å². The predicted octanol–water partition coefficient (Wildman–Crippen LogP) is 5.64. The van der Waals surface area contributed by atoms with Crippen molar-refractivity contribution in [3.05, 3.63) is 71.8 Å². The lowest BCUT2D eigenvalue weighted by Crippen LogP contribution is -1.77. The van der Waals surface area contributed by atoms with Gasteiger partial charge in [0.15, 0.2) is 0 Å². The highest BCUT2D eigenvalue weighted by atomic mass is 35.5. The van der Waals surface area contributed by atoms with Crippen LogP contribution in [-0.4, -0.2) is 0 Å². The Balaban J connectivity index is 2.02. The molecule has 0 aliphatic rings. The summed E-state index contributed by atoms with van der Waals surface area (Å²) in [6, 6.07) is 22.8. The predicted molar refractivity (Wildman–Crippen MR) is 79.5 cm³/mol. The summed E-state index contributed by atoms with van der Waals surface area (Å²) >= 11 is 7.67. The largest absolute Gasteiger partial charge is 0.0894 e. The van der Waals surface area contributed by atoms with Crippen molar-refractivity contribution in [1.82, 2.24) is 0 Å². The van der Waals surface area contributed by atoms with E-state index in [-0.39, 0.29) is 0 Å². The molecule has 18 heavy (non-hydrogen) atoms. The third kappa shape index (κ3) is 2.38. The molecule has 0 fully saturated rings. The van der Waals surface area contributed by atoms with E-state index in [1.54, 1.807) is 11.8 Å². The maximum atomic E-state index is 5.90. The number of rotatable bonds is 2. The van der Waals surface area contributed by atoms with E-state index >= 15 is 0 Å². The topological polar surface area (TPSA) is 0 Å². The Morgan fingerprint density at radius 2 is 1.44 bits per heavy atom. The van der Waals surface area contributed by atoms with Crippen molar-refractivity contribution in [1.29, 1.82) is 0 Å². The summed E-state index contributed by atoms with van der Waals surface area (Å²) in [7, 11) is 0. The summed E-state index contributed by atoms with van der Waals surface area (Å²) < 4.78 is 0. The van der Waals surface area contributed by atoms with Crippen molar-refractivity contribution in [3.63, 3.8) is 0 Å². The van der Waals surface area contributed by atoms with Crippen LogP contribution in [0, 0.1) is 0 Å². The molecular weight excluding hydrogens is 260 g/mol. The van der Waals surface area contributed by atoms with E-state index < -0.39 is 0 Å². The van der Waals surface area contributed by atoms with E-state index in [1.165, 1.54) is 20.6 Å². The van der Waals surface area contributed by atoms with E-state index in [0.717, 1.165) is 5.02 Å². The van der Waals surface area contributed by atoms with Gasteiger partial charge >= 0.3 is 0 Å². The fourth-order valence-corrected chi connectivity index (χ4v) is 3.01.